The number of aliphatic hydroxyl groups is 1. The smallest absolute Gasteiger partial charge is 0.0852 e. The predicted molar refractivity (Wildman–Crippen MR) is 80.1 cm³/mol. The first-order valence-corrected chi connectivity index (χ1v) is 7.52. The molecule has 0 heterocycles. The van der Waals surface area contributed by atoms with E-state index in [1.165, 1.54) is 37.7 Å². The van der Waals surface area contributed by atoms with Gasteiger partial charge in [-0.1, -0.05) is 57.4 Å². The summed E-state index contributed by atoms with van der Waals surface area (Å²) >= 11 is 0. The molecule has 0 amide bonds. The van der Waals surface area contributed by atoms with Crippen molar-refractivity contribution < 1.29 is 5.11 Å². The maximum absolute atomic E-state index is 10.4. The van der Waals surface area contributed by atoms with E-state index in [0.717, 1.165) is 11.5 Å². The third-order valence-corrected chi connectivity index (χ3v) is 4.60. The van der Waals surface area contributed by atoms with Gasteiger partial charge in [-0.05, 0) is 29.9 Å². The Morgan fingerprint density at radius 1 is 1.16 bits per heavy atom. The number of hydrogen-bond acceptors (Lipinski definition) is 2. The molecule has 1 unspecified atom stereocenters. The Hall–Kier alpha value is -0.860. The first kappa shape index (κ1) is 14.5. The van der Waals surface area contributed by atoms with Crippen molar-refractivity contribution in [3.8, 4) is 0 Å². The van der Waals surface area contributed by atoms with E-state index in [1.807, 2.05) is 13.8 Å². The van der Waals surface area contributed by atoms with Gasteiger partial charge in [-0.2, -0.15) is 0 Å². The summed E-state index contributed by atoms with van der Waals surface area (Å²) in [6.07, 6.45) is 6.24. The van der Waals surface area contributed by atoms with Crippen LogP contribution in [-0.4, -0.2) is 11.7 Å². The zero-order chi connectivity index (χ0) is 13.9. The summed E-state index contributed by atoms with van der Waals surface area (Å²) in [5.41, 5.74) is 7.87. The molecule has 0 aliphatic heterocycles. The van der Waals surface area contributed by atoms with Gasteiger partial charge in [-0.25, -0.2) is 0 Å². The van der Waals surface area contributed by atoms with Crippen molar-refractivity contribution in [2.75, 3.05) is 6.54 Å². The van der Waals surface area contributed by atoms with Crippen molar-refractivity contribution in [1.82, 2.24) is 0 Å². The highest BCUT2D eigenvalue weighted by molar-refractivity contribution is 5.28. The van der Waals surface area contributed by atoms with Crippen LogP contribution in [0.15, 0.2) is 24.3 Å². The molecule has 1 atom stereocenters. The molecule has 2 heteroatoms. The van der Waals surface area contributed by atoms with E-state index in [9.17, 15) is 5.11 Å². The highest BCUT2D eigenvalue weighted by atomic mass is 16.3. The van der Waals surface area contributed by atoms with Crippen LogP contribution in [0.25, 0.3) is 0 Å². The zero-order valence-corrected chi connectivity index (χ0v) is 12.2. The summed E-state index contributed by atoms with van der Waals surface area (Å²) in [4.78, 5) is 0. The fraction of sp³-hybridized carbons (Fsp3) is 0.647. The van der Waals surface area contributed by atoms with Crippen molar-refractivity contribution in [2.24, 2.45) is 11.1 Å². The molecule has 2 nitrogen and oxygen atoms in total. The Kier molecular flexibility index (Phi) is 4.64. The predicted octanol–water partition coefficient (Wildman–Crippen LogP) is 3.75. The first-order valence-electron chi connectivity index (χ1n) is 7.52. The van der Waals surface area contributed by atoms with Crippen molar-refractivity contribution in [2.45, 2.75) is 58.0 Å². The standard InChI is InChI=1S/C17H27NO/c1-17(2,12-18)16(19)15-10-8-14(9-11-15)13-6-4-3-5-7-13/h8-11,13,16,19H,3-7,12,18H2,1-2H3. The SMILES string of the molecule is CC(C)(CN)C(O)c1ccc(C2CCCCC2)cc1. The minimum Gasteiger partial charge on any atom is -0.388 e. The van der Waals surface area contributed by atoms with Crippen molar-refractivity contribution in [1.29, 1.82) is 0 Å². The Labute approximate surface area is 117 Å². The zero-order valence-electron chi connectivity index (χ0n) is 12.2. The molecule has 0 bridgehead atoms. The van der Waals surface area contributed by atoms with E-state index in [-0.39, 0.29) is 5.41 Å². The van der Waals surface area contributed by atoms with Crippen LogP contribution in [0.3, 0.4) is 0 Å². The molecular formula is C17H27NO. The molecule has 3 N–H and O–H groups in total. The van der Waals surface area contributed by atoms with Crippen LogP contribution < -0.4 is 5.73 Å². The van der Waals surface area contributed by atoms with Gasteiger partial charge in [0.15, 0.2) is 0 Å². The second-order valence-corrected chi connectivity index (χ2v) is 6.60. The minimum absolute atomic E-state index is 0.271. The van der Waals surface area contributed by atoms with E-state index in [0.29, 0.717) is 6.54 Å². The van der Waals surface area contributed by atoms with Gasteiger partial charge in [0.05, 0.1) is 6.10 Å². The van der Waals surface area contributed by atoms with Crippen LogP contribution >= 0.6 is 0 Å². The normalized spacial score (nSPS) is 19.4. The van der Waals surface area contributed by atoms with Crippen molar-refractivity contribution in [3.05, 3.63) is 35.4 Å². The third kappa shape index (κ3) is 3.37. The van der Waals surface area contributed by atoms with Gasteiger partial charge in [-0.3, -0.25) is 0 Å². The van der Waals surface area contributed by atoms with Crippen LogP contribution in [0.4, 0.5) is 0 Å². The molecule has 0 saturated heterocycles. The lowest BCUT2D eigenvalue weighted by Crippen LogP contribution is -2.30. The molecule has 1 aromatic carbocycles. The second-order valence-electron chi connectivity index (χ2n) is 6.60. The third-order valence-electron chi connectivity index (χ3n) is 4.60. The molecule has 1 aliphatic rings. The van der Waals surface area contributed by atoms with Gasteiger partial charge < -0.3 is 10.8 Å². The Balaban J connectivity index is 2.09. The molecule has 1 aliphatic carbocycles. The molecule has 2 rings (SSSR count). The fourth-order valence-corrected chi connectivity index (χ4v) is 2.95. The second kappa shape index (κ2) is 6.06. The van der Waals surface area contributed by atoms with E-state index in [1.54, 1.807) is 0 Å². The summed E-state index contributed by atoms with van der Waals surface area (Å²) in [6, 6.07) is 8.54. The van der Waals surface area contributed by atoms with Crippen LogP contribution in [0.2, 0.25) is 0 Å². The van der Waals surface area contributed by atoms with Gasteiger partial charge in [0.2, 0.25) is 0 Å². The van der Waals surface area contributed by atoms with Gasteiger partial charge in [0, 0.05) is 12.0 Å². The van der Waals surface area contributed by atoms with Crippen molar-refractivity contribution in [3.63, 3.8) is 0 Å². The number of rotatable bonds is 4. The van der Waals surface area contributed by atoms with Crippen LogP contribution in [-0.2, 0) is 0 Å². The number of aliphatic hydroxyl groups excluding tert-OH is 1. The van der Waals surface area contributed by atoms with Gasteiger partial charge in [0.1, 0.15) is 0 Å². The van der Waals surface area contributed by atoms with E-state index in [2.05, 4.69) is 24.3 Å². The largest absolute Gasteiger partial charge is 0.388 e. The number of hydrogen-bond donors (Lipinski definition) is 2. The summed E-state index contributed by atoms with van der Waals surface area (Å²) in [5, 5.41) is 10.4. The maximum Gasteiger partial charge on any atom is 0.0852 e. The highest BCUT2D eigenvalue weighted by Gasteiger charge is 2.27. The molecule has 19 heavy (non-hydrogen) atoms. The lowest BCUT2D eigenvalue weighted by molar-refractivity contribution is 0.0555. The van der Waals surface area contributed by atoms with Gasteiger partial charge >= 0.3 is 0 Å². The lowest BCUT2D eigenvalue weighted by atomic mass is 9.81. The summed E-state index contributed by atoms with van der Waals surface area (Å²) in [7, 11) is 0. The summed E-state index contributed by atoms with van der Waals surface area (Å²) in [6.45, 7) is 4.50. The van der Waals surface area contributed by atoms with E-state index >= 15 is 0 Å². The lowest BCUT2D eigenvalue weighted by Gasteiger charge is -2.29. The molecule has 1 fully saturated rings. The fourth-order valence-electron chi connectivity index (χ4n) is 2.95. The van der Waals surface area contributed by atoms with E-state index in [4.69, 9.17) is 5.73 Å². The molecule has 1 saturated carbocycles. The first-order chi connectivity index (χ1) is 9.04. The van der Waals surface area contributed by atoms with Crippen LogP contribution in [0.1, 0.15) is 69.1 Å². The van der Waals surface area contributed by atoms with Crippen LogP contribution in [0.5, 0.6) is 0 Å². The molecule has 106 valence electrons. The number of nitrogens with two attached hydrogens (primary N) is 1. The Bertz CT molecular complexity index is 390. The number of benzene rings is 1. The molecule has 0 radical (unpaired) electrons. The van der Waals surface area contributed by atoms with Crippen LogP contribution in [0, 0.1) is 5.41 Å². The summed E-state index contributed by atoms with van der Waals surface area (Å²) < 4.78 is 0. The minimum atomic E-state index is -0.488. The average Bonchev–Trinajstić information content (AvgIpc) is 2.47. The Morgan fingerprint density at radius 2 is 1.74 bits per heavy atom. The highest BCUT2D eigenvalue weighted by Crippen LogP contribution is 2.35. The summed E-state index contributed by atoms with van der Waals surface area (Å²) in [5.74, 6) is 0.725. The van der Waals surface area contributed by atoms with E-state index < -0.39 is 6.10 Å². The molecule has 0 spiro atoms. The Morgan fingerprint density at radius 3 is 2.26 bits per heavy atom. The van der Waals surface area contributed by atoms with Gasteiger partial charge in [-0.15, -0.1) is 0 Å². The molecule has 1 aromatic rings. The average molecular weight is 261 g/mol. The van der Waals surface area contributed by atoms with Gasteiger partial charge in [0.25, 0.3) is 0 Å². The molecule has 0 aromatic heterocycles. The molecular weight excluding hydrogens is 234 g/mol. The maximum atomic E-state index is 10.4. The monoisotopic (exact) mass is 261 g/mol. The van der Waals surface area contributed by atoms with Crippen molar-refractivity contribution >= 4 is 0 Å². The topological polar surface area (TPSA) is 46.2 Å². The quantitative estimate of drug-likeness (QED) is 0.867.